The Morgan fingerprint density at radius 1 is 1.50 bits per heavy atom. The van der Waals surface area contributed by atoms with E-state index in [1.165, 1.54) is 0 Å². The summed E-state index contributed by atoms with van der Waals surface area (Å²) >= 11 is 0. The van der Waals surface area contributed by atoms with E-state index in [0.29, 0.717) is 5.82 Å². The first-order chi connectivity index (χ1) is 6.75. The van der Waals surface area contributed by atoms with E-state index in [1.54, 1.807) is 18.5 Å². The van der Waals surface area contributed by atoms with Gasteiger partial charge in [0.15, 0.2) is 0 Å². The van der Waals surface area contributed by atoms with E-state index in [0.717, 1.165) is 19.3 Å². The number of rotatable bonds is 5. The van der Waals surface area contributed by atoms with Crippen LogP contribution in [0.15, 0.2) is 18.5 Å². The monoisotopic (exact) mass is 193 g/mol. The van der Waals surface area contributed by atoms with Crippen molar-refractivity contribution in [2.24, 2.45) is 5.73 Å². The summed E-state index contributed by atoms with van der Waals surface area (Å²) in [4.78, 5) is 19.2. The summed E-state index contributed by atoms with van der Waals surface area (Å²) in [5.74, 6) is -0.144. The molecule has 1 atom stereocenters. The van der Waals surface area contributed by atoms with Crippen molar-refractivity contribution >= 4 is 5.91 Å². The molecule has 2 N–H and O–H groups in total. The number of unbranched alkanes of at least 4 members (excludes halogenated alkanes) is 1. The second-order valence-corrected chi connectivity index (χ2v) is 3.20. The molecular formula is C10H15N3O. The number of primary amides is 1. The minimum absolute atomic E-state index is 0.337. The predicted molar refractivity (Wildman–Crippen MR) is 53.5 cm³/mol. The second-order valence-electron chi connectivity index (χ2n) is 3.20. The van der Waals surface area contributed by atoms with Crippen molar-refractivity contribution < 1.29 is 4.79 Å². The Morgan fingerprint density at radius 3 is 2.64 bits per heavy atom. The zero-order chi connectivity index (χ0) is 10.4. The van der Waals surface area contributed by atoms with Gasteiger partial charge in [0.05, 0.1) is 5.92 Å². The number of hydrogen-bond acceptors (Lipinski definition) is 3. The van der Waals surface area contributed by atoms with Gasteiger partial charge in [-0.2, -0.15) is 0 Å². The van der Waals surface area contributed by atoms with Crippen LogP contribution < -0.4 is 5.73 Å². The molecule has 4 heteroatoms. The van der Waals surface area contributed by atoms with Crippen LogP contribution in [-0.4, -0.2) is 15.9 Å². The van der Waals surface area contributed by atoms with Crippen LogP contribution in [0.25, 0.3) is 0 Å². The quantitative estimate of drug-likeness (QED) is 0.764. The number of amides is 1. The first-order valence-electron chi connectivity index (χ1n) is 4.82. The standard InChI is InChI=1S/C10H15N3O/c1-2-3-5-8(9(11)14)10-12-6-4-7-13-10/h4,6-8H,2-3,5H2,1H3,(H2,11,14). The van der Waals surface area contributed by atoms with Gasteiger partial charge < -0.3 is 5.73 Å². The van der Waals surface area contributed by atoms with Crippen LogP contribution in [0.2, 0.25) is 0 Å². The maximum atomic E-state index is 11.1. The molecule has 0 aliphatic rings. The van der Waals surface area contributed by atoms with Crippen molar-refractivity contribution in [1.82, 2.24) is 9.97 Å². The van der Waals surface area contributed by atoms with Crippen molar-refractivity contribution in [3.8, 4) is 0 Å². The van der Waals surface area contributed by atoms with Crippen LogP contribution in [0.3, 0.4) is 0 Å². The van der Waals surface area contributed by atoms with Gasteiger partial charge in [-0.25, -0.2) is 9.97 Å². The van der Waals surface area contributed by atoms with Crippen molar-refractivity contribution in [3.63, 3.8) is 0 Å². The Balaban J connectivity index is 2.73. The van der Waals surface area contributed by atoms with Gasteiger partial charge >= 0.3 is 0 Å². The van der Waals surface area contributed by atoms with Crippen LogP contribution >= 0.6 is 0 Å². The van der Waals surface area contributed by atoms with Gasteiger partial charge in [-0.3, -0.25) is 4.79 Å². The zero-order valence-electron chi connectivity index (χ0n) is 8.31. The molecule has 0 aliphatic carbocycles. The highest BCUT2D eigenvalue weighted by molar-refractivity contribution is 5.80. The van der Waals surface area contributed by atoms with Gasteiger partial charge in [-0.1, -0.05) is 19.8 Å². The Hall–Kier alpha value is -1.45. The third-order valence-electron chi connectivity index (χ3n) is 2.09. The van der Waals surface area contributed by atoms with E-state index in [4.69, 9.17) is 5.73 Å². The molecule has 0 aromatic carbocycles. The van der Waals surface area contributed by atoms with Gasteiger partial charge in [0, 0.05) is 12.4 Å². The molecule has 1 rings (SSSR count). The van der Waals surface area contributed by atoms with Crippen molar-refractivity contribution in [3.05, 3.63) is 24.3 Å². The van der Waals surface area contributed by atoms with Gasteiger partial charge in [0.2, 0.25) is 5.91 Å². The van der Waals surface area contributed by atoms with E-state index >= 15 is 0 Å². The lowest BCUT2D eigenvalue weighted by molar-refractivity contribution is -0.119. The number of carbonyl (C=O) groups excluding carboxylic acids is 1. The third-order valence-corrected chi connectivity index (χ3v) is 2.09. The first-order valence-corrected chi connectivity index (χ1v) is 4.82. The van der Waals surface area contributed by atoms with Crippen LogP contribution in [0.5, 0.6) is 0 Å². The molecule has 14 heavy (non-hydrogen) atoms. The van der Waals surface area contributed by atoms with Crippen molar-refractivity contribution in [2.45, 2.75) is 32.1 Å². The average Bonchev–Trinajstić information content (AvgIpc) is 2.19. The van der Waals surface area contributed by atoms with E-state index < -0.39 is 0 Å². The summed E-state index contributed by atoms with van der Waals surface area (Å²) in [7, 11) is 0. The molecule has 0 fully saturated rings. The smallest absolute Gasteiger partial charge is 0.228 e. The van der Waals surface area contributed by atoms with Crippen molar-refractivity contribution in [2.75, 3.05) is 0 Å². The molecule has 0 saturated carbocycles. The molecule has 0 aliphatic heterocycles. The molecule has 1 amide bonds. The SMILES string of the molecule is CCCCC(C(N)=O)c1ncccn1. The van der Waals surface area contributed by atoms with Gasteiger partial charge in [0.1, 0.15) is 5.82 Å². The Labute approximate surface area is 83.6 Å². The number of nitrogens with two attached hydrogens (primary N) is 1. The van der Waals surface area contributed by atoms with E-state index in [2.05, 4.69) is 16.9 Å². The van der Waals surface area contributed by atoms with Gasteiger partial charge in [-0.05, 0) is 12.5 Å². The summed E-state index contributed by atoms with van der Waals surface area (Å²) in [5, 5.41) is 0. The maximum Gasteiger partial charge on any atom is 0.228 e. The Bertz CT molecular complexity index is 287. The molecule has 0 bridgehead atoms. The highest BCUT2D eigenvalue weighted by Crippen LogP contribution is 2.17. The predicted octanol–water partition coefficient (Wildman–Crippen LogP) is 1.24. The second kappa shape index (κ2) is 5.32. The molecule has 4 nitrogen and oxygen atoms in total. The lowest BCUT2D eigenvalue weighted by atomic mass is 10.0. The molecule has 1 heterocycles. The normalized spacial score (nSPS) is 12.4. The zero-order valence-corrected chi connectivity index (χ0v) is 8.31. The largest absolute Gasteiger partial charge is 0.369 e. The summed E-state index contributed by atoms with van der Waals surface area (Å²) in [6, 6.07) is 1.72. The van der Waals surface area contributed by atoms with Gasteiger partial charge in [-0.15, -0.1) is 0 Å². The maximum absolute atomic E-state index is 11.1. The summed E-state index contributed by atoms with van der Waals surface area (Å²) in [5.41, 5.74) is 5.29. The number of nitrogens with zero attached hydrogens (tertiary/aromatic N) is 2. The molecule has 0 radical (unpaired) electrons. The molecule has 1 aromatic heterocycles. The van der Waals surface area contributed by atoms with Crippen LogP contribution in [0.4, 0.5) is 0 Å². The molecule has 76 valence electrons. The van der Waals surface area contributed by atoms with Crippen LogP contribution in [0, 0.1) is 0 Å². The van der Waals surface area contributed by atoms with Crippen molar-refractivity contribution in [1.29, 1.82) is 0 Å². The van der Waals surface area contributed by atoms with Crippen LogP contribution in [-0.2, 0) is 4.79 Å². The lowest BCUT2D eigenvalue weighted by Crippen LogP contribution is -2.23. The minimum Gasteiger partial charge on any atom is -0.369 e. The topological polar surface area (TPSA) is 68.9 Å². The molecular weight excluding hydrogens is 178 g/mol. The molecule has 0 spiro atoms. The first kappa shape index (κ1) is 10.6. The minimum atomic E-state index is -0.343. The fourth-order valence-electron chi connectivity index (χ4n) is 1.30. The Morgan fingerprint density at radius 2 is 2.14 bits per heavy atom. The summed E-state index contributed by atoms with van der Waals surface area (Å²) < 4.78 is 0. The molecule has 1 aromatic rings. The summed E-state index contributed by atoms with van der Waals surface area (Å²) in [6.07, 6.45) is 5.99. The average molecular weight is 193 g/mol. The van der Waals surface area contributed by atoms with Gasteiger partial charge in [0.25, 0.3) is 0 Å². The molecule has 0 saturated heterocycles. The number of aromatic nitrogens is 2. The van der Waals surface area contributed by atoms with E-state index in [1.807, 2.05) is 0 Å². The van der Waals surface area contributed by atoms with E-state index in [-0.39, 0.29) is 11.8 Å². The lowest BCUT2D eigenvalue weighted by Gasteiger charge is -2.10. The molecule has 1 unspecified atom stereocenters. The van der Waals surface area contributed by atoms with Crippen LogP contribution in [0.1, 0.15) is 37.9 Å². The third kappa shape index (κ3) is 2.80. The fraction of sp³-hybridized carbons (Fsp3) is 0.500. The highest BCUT2D eigenvalue weighted by Gasteiger charge is 2.19. The van der Waals surface area contributed by atoms with E-state index in [9.17, 15) is 4.79 Å². The number of carbonyl (C=O) groups is 1. The summed E-state index contributed by atoms with van der Waals surface area (Å²) in [6.45, 7) is 2.07. The fourth-order valence-corrected chi connectivity index (χ4v) is 1.30. The highest BCUT2D eigenvalue weighted by atomic mass is 16.1. The Kier molecular flexibility index (Phi) is 4.04. The number of hydrogen-bond donors (Lipinski definition) is 1.